The van der Waals surface area contributed by atoms with Crippen molar-refractivity contribution in [3.8, 4) is 0 Å². The van der Waals surface area contributed by atoms with E-state index in [2.05, 4.69) is 13.8 Å². The lowest BCUT2D eigenvalue weighted by molar-refractivity contribution is 0.103. The zero-order valence-corrected chi connectivity index (χ0v) is 11.4. The number of ketones is 1. The van der Waals surface area contributed by atoms with Crippen LogP contribution in [0.1, 0.15) is 29.8 Å². The summed E-state index contributed by atoms with van der Waals surface area (Å²) in [5.41, 5.74) is 1.48. The van der Waals surface area contributed by atoms with Crippen molar-refractivity contribution in [2.45, 2.75) is 24.0 Å². The van der Waals surface area contributed by atoms with Crippen LogP contribution < -0.4 is 0 Å². The van der Waals surface area contributed by atoms with Gasteiger partial charge in [0.1, 0.15) is 0 Å². The molecule has 0 heterocycles. The SMILES string of the molecule is CC(C)Sc1ccc(C(=O)c2ccccc2)cc1. The molecule has 2 aromatic carbocycles. The van der Waals surface area contributed by atoms with Crippen molar-refractivity contribution in [3.63, 3.8) is 0 Å². The van der Waals surface area contributed by atoms with Gasteiger partial charge >= 0.3 is 0 Å². The molecule has 0 radical (unpaired) electrons. The summed E-state index contributed by atoms with van der Waals surface area (Å²) in [6, 6.07) is 17.2. The maximum absolute atomic E-state index is 12.2. The van der Waals surface area contributed by atoms with E-state index >= 15 is 0 Å². The molecule has 0 unspecified atom stereocenters. The topological polar surface area (TPSA) is 17.1 Å². The predicted molar refractivity (Wildman–Crippen MR) is 77.3 cm³/mol. The third-order valence-electron chi connectivity index (χ3n) is 2.52. The lowest BCUT2D eigenvalue weighted by Gasteiger charge is -2.06. The lowest BCUT2D eigenvalue weighted by Crippen LogP contribution is -2.00. The van der Waals surface area contributed by atoms with E-state index in [1.165, 1.54) is 4.90 Å². The van der Waals surface area contributed by atoms with E-state index in [0.717, 1.165) is 11.1 Å². The Morgan fingerprint density at radius 3 is 2.00 bits per heavy atom. The fourth-order valence-electron chi connectivity index (χ4n) is 1.71. The highest BCUT2D eigenvalue weighted by Crippen LogP contribution is 2.23. The summed E-state index contributed by atoms with van der Waals surface area (Å²) in [5.74, 6) is 0.0803. The maximum Gasteiger partial charge on any atom is 0.193 e. The third-order valence-corrected chi connectivity index (χ3v) is 3.54. The van der Waals surface area contributed by atoms with Crippen molar-refractivity contribution in [2.75, 3.05) is 0 Å². The number of hydrogen-bond donors (Lipinski definition) is 0. The highest BCUT2D eigenvalue weighted by atomic mass is 32.2. The summed E-state index contributed by atoms with van der Waals surface area (Å²) in [5, 5.41) is 0.556. The van der Waals surface area contributed by atoms with E-state index in [0.29, 0.717) is 5.25 Å². The van der Waals surface area contributed by atoms with Gasteiger partial charge in [-0.25, -0.2) is 0 Å². The first-order valence-electron chi connectivity index (χ1n) is 6.03. The first-order chi connectivity index (χ1) is 8.66. The minimum Gasteiger partial charge on any atom is -0.289 e. The van der Waals surface area contributed by atoms with E-state index in [4.69, 9.17) is 0 Å². The van der Waals surface area contributed by atoms with Crippen molar-refractivity contribution >= 4 is 17.5 Å². The van der Waals surface area contributed by atoms with E-state index in [1.54, 1.807) is 11.8 Å². The lowest BCUT2D eigenvalue weighted by atomic mass is 10.0. The fraction of sp³-hybridized carbons (Fsp3) is 0.188. The largest absolute Gasteiger partial charge is 0.289 e. The quantitative estimate of drug-likeness (QED) is 0.595. The van der Waals surface area contributed by atoms with Gasteiger partial charge in [0.2, 0.25) is 0 Å². The van der Waals surface area contributed by atoms with Gasteiger partial charge in [-0.05, 0) is 24.3 Å². The molecular weight excluding hydrogens is 240 g/mol. The van der Waals surface area contributed by atoms with E-state index in [-0.39, 0.29) is 5.78 Å². The molecule has 0 spiro atoms. The standard InChI is InChI=1S/C16H16OS/c1-12(2)18-15-10-8-14(9-11-15)16(17)13-6-4-3-5-7-13/h3-12H,1-2H3. The van der Waals surface area contributed by atoms with E-state index in [1.807, 2.05) is 54.6 Å². The average Bonchev–Trinajstić information content (AvgIpc) is 2.39. The normalized spacial score (nSPS) is 10.6. The van der Waals surface area contributed by atoms with Crippen LogP contribution in [-0.4, -0.2) is 11.0 Å². The van der Waals surface area contributed by atoms with Gasteiger partial charge in [0.05, 0.1) is 0 Å². The first kappa shape index (κ1) is 12.9. The van der Waals surface area contributed by atoms with Gasteiger partial charge in [-0.2, -0.15) is 0 Å². The molecule has 0 N–H and O–H groups in total. The highest BCUT2D eigenvalue weighted by molar-refractivity contribution is 7.99. The van der Waals surface area contributed by atoms with Crippen LogP contribution in [-0.2, 0) is 0 Å². The molecule has 2 rings (SSSR count). The molecule has 0 saturated carbocycles. The molecule has 0 aliphatic heterocycles. The predicted octanol–water partition coefficient (Wildman–Crippen LogP) is 4.42. The maximum atomic E-state index is 12.2. The van der Waals surface area contributed by atoms with Gasteiger partial charge in [0, 0.05) is 21.3 Å². The van der Waals surface area contributed by atoms with E-state index < -0.39 is 0 Å². The Kier molecular flexibility index (Phi) is 4.21. The van der Waals surface area contributed by atoms with Crippen LogP contribution in [0.2, 0.25) is 0 Å². The van der Waals surface area contributed by atoms with Crippen molar-refractivity contribution in [1.82, 2.24) is 0 Å². The van der Waals surface area contributed by atoms with Crippen LogP contribution in [0.4, 0.5) is 0 Å². The molecule has 1 nitrogen and oxygen atoms in total. The van der Waals surface area contributed by atoms with Gasteiger partial charge < -0.3 is 0 Å². The summed E-state index contributed by atoms with van der Waals surface area (Å²) in [6.45, 7) is 4.32. The molecule has 0 fully saturated rings. The van der Waals surface area contributed by atoms with Crippen LogP contribution >= 0.6 is 11.8 Å². The molecule has 0 amide bonds. The first-order valence-corrected chi connectivity index (χ1v) is 6.91. The van der Waals surface area contributed by atoms with Gasteiger partial charge in [0.25, 0.3) is 0 Å². The van der Waals surface area contributed by atoms with Gasteiger partial charge in [0.15, 0.2) is 5.78 Å². The average molecular weight is 256 g/mol. The van der Waals surface area contributed by atoms with Crippen LogP contribution in [0.25, 0.3) is 0 Å². The van der Waals surface area contributed by atoms with Crippen LogP contribution in [0, 0.1) is 0 Å². The fourth-order valence-corrected chi connectivity index (χ4v) is 2.55. The smallest absolute Gasteiger partial charge is 0.193 e. The summed E-state index contributed by atoms with van der Waals surface area (Å²) in [4.78, 5) is 13.4. The van der Waals surface area contributed by atoms with Crippen LogP contribution in [0.15, 0.2) is 59.5 Å². The van der Waals surface area contributed by atoms with Crippen molar-refractivity contribution in [2.24, 2.45) is 0 Å². The monoisotopic (exact) mass is 256 g/mol. The second-order valence-corrected chi connectivity index (χ2v) is 6.04. The number of benzene rings is 2. The number of hydrogen-bond acceptors (Lipinski definition) is 2. The molecule has 0 bridgehead atoms. The van der Waals surface area contributed by atoms with Crippen molar-refractivity contribution < 1.29 is 4.79 Å². The van der Waals surface area contributed by atoms with Gasteiger partial charge in [-0.3, -0.25) is 4.79 Å². The Morgan fingerprint density at radius 1 is 0.889 bits per heavy atom. The van der Waals surface area contributed by atoms with E-state index in [9.17, 15) is 4.79 Å². The minimum atomic E-state index is 0.0803. The van der Waals surface area contributed by atoms with Crippen LogP contribution in [0.3, 0.4) is 0 Å². The Bertz CT molecular complexity index is 515. The second kappa shape index (κ2) is 5.87. The molecule has 0 aliphatic rings. The Balaban J connectivity index is 2.17. The summed E-state index contributed by atoms with van der Waals surface area (Å²) in [6.07, 6.45) is 0. The third kappa shape index (κ3) is 3.23. The number of carbonyl (C=O) groups is 1. The van der Waals surface area contributed by atoms with Crippen LogP contribution in [0.5, 0.6) is 0 Å². The summed E-state index contributed by atoms with van der Waals surface area (Å²) in [7, 11) is 0. The molecule has 92 valence electrons. The number of carbonyl (C=O) groups excluding carboxylic acids is 1. The molecule has 0 aliphatic carbocycles. The van der Waals surface area contributed by atoms with Gasteiger partial charge in [-0.1, -0.05) is 44.2 Å². The zero-order valence-electron chi connectivity index (χ0n) is 10.6. The highest BCUT2D eigenvalue weighted by Gasteiger charge is 2.08. The Morgan fingerprint density at radius 2 is 1.44 bits per heavy atom. The molecule has 2 aromatic rings. The molecule has 0 atom stereocenters. The number of thioether (sulfide) groups is 1. The minimum absolute atomic E-state index is 0.0803. The molecule has 2 heteroatoms. The van der Waals surface area contributed by atoms with Crippen molar-refractivity contribution in [3.05, 3.63) is 65.7 Å². The summed E-state index contributed by atoms with van der Waals surface area (Å²) < 4.78 is 0. The second-order valence-electron chi connectivity index (χ2n) is 4.39. The molecule has 0 aromatic heterocycles. The molecule has 18 heavy (non-hydrogen) atoms. The van der Waals surface area contributed by atoms with Gasteiger partial charge in [-0.15, -0.1) is 11.8 Å². The zero-order chi connectivity index (χ0) is 13.0. The Hall–Kier alpha value is -1.54. The number of rotatable bonds is 4. The molecular formula is C16H16OS. The Labute approximate surface area is 112 Å². The van der Waals surface area contributed by atoms with Crippen molar-refractivity contribution in [1.29, 1.82) is 0 Å². The summed E-state index contributed by atoms with van der Waals surface area (Å²) >= 11 is 1.80. The molecule has 0 saturated heterocycles.